The third-order valence-electron chi connectivity index (χ3n) is 4.08. The van der Waals surface area contributed by atoms with Gasteiger partial charge in [-0.05, 0) is 32.0 Å². The highest BCUT2D eigenvalue weighted by Gasteiger charge is 2.16. The van der Waals surface area contributed by atoms with Crippen LogP contribution in [0, 0.1) is 13.8 Å². The SMILES string of the molecule is Cc1nn(-c2ccccc2)c(C)c1-c1ccnc(NCc2ncn[nH]2)n1. The summed E-state index contributed by atoms with van der Waals surface area (Å²) in [5.41, 5.74) is 4.83. The Morgan fingerprint density at radius 3 is 2.69 bits per heavy atom. The third-order valence-corrected chi connectivity index (χ3v) is 4.08. The lowest BCUT2D eigenvalue weighted by molar-refractivity contribution is 0.834. The first kappa shape index (κ1) is 15.9. The average molecular weight is 346 g/mol. The van der Waals surface area contributed by atoms with E-state index in [4.69, 9.17) is 0 Å². The maximum atomic E-state index is 4.69. The van der Waals surface area contributed by atoms with Crippen molar-refractivity contribution < 1.29 is 0 Å². The summed E-state index contributed by atoms with van der Waals surface area (Å²) in [4.78, 5) is 13.0. The first-order valence-electron chi connectivity index (χ1n) is 8.25. The number of hydrogen-bond acceptors (Lipinski definition) is 6. The summed E-state index contributed by atoms with van der Waals surface area (Å²) in [7, 11) is 0. The number of nitrogens with one attached hydrogen (secondary N) is 2. The van der Waals surface area contributed by atoms with Gasteiger partial charge in [0.2, 0.25) is 5.95 Å². The molecule has 0 atom stereocenters. The van der Waals surface area contributed by atoms with Gasteiger partial charge in [0.15, 0.2) is 0 Å². The lowest BCUT2D eigenvalue weighted by Gasteiger charge is -2.07. The minimum Gasteiger partial charge on any atom is -0.347 e. The van der Waals surface area contributed by atoms with Gasteiger partial charge in [-0.25, -0.2) is 19.6 Å². The molecule has 0 fully saturated rings. The molecule has 8 heteroatoms. The third kappa shape index (κ3) is 3.04. The van der Waals surface area contributed by atoms with Crippen LogP contribution in [0.15, 0.2) is 48.9 Å². The predicted octanol–water partition coefficient (Wildman–Crippen LogP) is 2.68. The number of nitrogens with zero attached hydrogens (tertiary/aromatic N) is 6. The van der Waals surface area contributed by atoms with Gasteiger partial charge in [0, 0.05) is 11.8 Å². The molecule has 3 heterocycles. The van der Waals surface area contributed by atoms with Crippen LogP contribution in [-0.2, 0) is 6.54 Å². The molecule has 3 aromatic heterocycles. The Morgan fingerprint density at radius 1 is 1.08 bits per heavy atom. The minimum absolute atomic E-state index is 0.477. The molecule has 0 aliphatic heterocycles. The van der Waals surface area contributed by atoms with Gasteiger partial charge in [-0.15, -0.1) is 0 Å². The van der Waals surface area contributed by atoms with E-state index in [9.17, 15) is 0 Å². The molecule has 4 aromatic rings. The van der Waals surface area contributed by atoms with Crippen LogP contribution in [0.2, 0.25) is 0 Å². The highest BCUT2D eigenvalue weighted by Crippen LogP contribution is 2.27. The van der Waals surface area contributed by atoms with E-state index < -0.39 is 0 Å². The number of anilines is 1. The topological polar surface area (TPSA) is 97.2 Å². The van der Waals surface area contributed by atoms with Crippen molar-refractivity contribution in [2.75, 3.05) is 5.32 Å². The van der Waals surface area contributed by atoms with Crippen LogP contribution in [0.3, 0.4) is 0 Å². The van der Waals surface area contributed by atoms with Crippen LogP contribution in [0.5, 0.6) is 0 Å². The molecular formula is C18H18N8. The predicted molar refractivity (Wildman–Crippen MR) is 97.8 cm³/mol. The molecule has 0 radical (unpaired) electrons. The number of hydrogen-bond donors (Lipinski definition) is 2. The molecular weight excluding hydrogens is 328 g/mol. The number of para-hydroxylation sites is 1. The van der Waals surface area contributed by atoms with Crippen molar-refractivity contribution >= 4 is 5.95 Å². The maximum Gasteiger partial charge on any atom is 0.223 e. The summed E-state index contributed by atoms with van der Waals surface area (Å²) < 4.78 is 1.94. The van der Waals surface area contributed by atoms with Crippen molar-refractivity contribution in [3.63, 3.8) is 0 Å². The number of benzene rings is 1. The quantitative estimate of drug-likeness (QED) is 0.577. The molecule has 0 bridgehead atoms. The van der Waals surface area contributed by atoms with Crippen LogP contribution < -0.4 is 5.32 Å². The van der Waals surface area contributed by atoms with E-state index >= 15 is 0 Å². The van der Waals surface area contributed by atoms with Crippen LogP contribution >= 0.6 is 0 Å². The summed E-state index contributed by atoms with van der Waals surface area (Å²) in [6.07, 6.45) is 3.21. The van der Waals surface area contributed by atoms with Crippen molar-refractivity contribution in [2.45, 2.75) is 20.4 Å². The van der Waals surface area contributed by atoms with Gasteiger partial charge in [-0.1, -0.05) is 18.2 Å². The average Bonchev–Trinajstić information content (AvgIpc) is 3.29. The lowest BCUT2D eigenvalue weighted by Crippen LogP contribution is -2.05. The Hall–Kier alpha value is -3.55. The fraction of sp³-hybridized carbons (Fsp3) is 0.167. The standard InChI is InChI=1S/C18H18N8/c1-12-17(13(2)26(25-12)14-6-4-3-5-7-14)15-8-9-19-18(23-15)20-10-16-21-11-22-24-16/h3-9,11H,10H2,1-2H3,(H,19,20,23)(H,21,22,24). The van der Waals surface area contributed by atoms with Crippen molar-refractivity contribution in [3.8, 4) is 16.9 Å². The summed E-state index contributed by atoms with van der Waals surface area (Å²) in [5, 5.41) is 14.5. The van der Waals surface area contributed by atoms with Gasteiger partial charge < -0.3 is 5.32 Å². The monoisotopic (exact) mass is 346 g/mol. The van der Waals surface area contributed by atoms with E-state index in [0.29, 0.717) is 12.5 Å². The van der Waals surface area contributed by atoms with Crippen LogP contribution in [0.4, 0.5) is 5.95 Å². The normalized spacial score (nSPS) is 10.8. The van der Waals surface area contributed by atoms with E-state index in [1.54, 1.807) is 6.20 Å². The Morgan fingerprint density at radius 2 is 1.92 bits per heavy atom. The molecule has 26 heavy (non-hydrogen) atoms. The van der Waals surface area contributed by atoms with Gasteiger partial charge in [-0.3, -0.25) is 5.10 Å². The lowest BCUT2D eigenvalue weighted by atomic mass is 10.1. The van der Waals surface area contributed by atoms with Crippen molar-refractivity contribution in [3.05, 3.63) is 66.1 Å². The van der Waals surface area contributed by atoms with E-state index in [2.05, 4.69) is 35.6 Å². The molecule has 2 N–H and O–H groups in total. The number of rotatable bonds is 5. The Balaban J connectivity index is 1.65. The van der Waals surface area contributed by atoms with Gasteiger partial charge >= 0.3 is 0 Å². The van der Waals surface area contributed by atoms with Crippen LogP contribution in [0.1, 0.15) is 17.2 Å². The molecule has 0 amide bonds. The van der Waals surface area contributed by atoms with Crippen LogP contribution in [-0.4, -0.2) is 34.9 Å². The van der Waals surface area contributed by atoms with E-state index in [-0.39, 0.29) is 0 Å². The second-order valence-electron chi connectivity index (χ2n) is 5.84. The second kappa shape index (κ2) is 6.75. The first-order valence-corrected chi connectivity index (χ1v) is 8.25. The summed E-state index contributed by atoms with van der Waals surface area (Å²) in [6.45, 7) is 4.52. The highest BCUT2D eigenvalue weighted by atomic mass is 15.3. The summed E-state index contributed by atoms with van der Waals surface area (Å²) in [5.74, 6) is 1.26. The zero-order valence-corrected chi connectivity index (χ0v) is 14.5. The summed E-state index contributed by atoms with van der Waals surface area (Å²) in [6, 6.07) is 12.0. The first-order chi connectivity index (χ1) is 12.7. The number of aromatic nitrogens is 7. The Labute approximate surface area is 150 Å². The van der Waals surface area contributed by atoms with Gasteiger partial charge in [0.05, 0.1) is 29.3 Å². The largest absolute Gasteiger partial charge is 0.347 e. The second-order valence-corrected chi connectivity index (χ2v) is 5.84. The number of aromatic amines is 1. The van der Waals surface area contributed by atoms with Crippen molar-refractivity contribution in [1.82, 2.24) is 34.9 Å². The fourth-order valence-corrected chi connectivity index (χ4v) is 2.90. The molecule has 0 saturated carbocycles. The maximum absolute atomic E-state index is 4.69. The molecule has 0 aliphatic carbocycles. The van der Waals surface area contributed by atoms with Gasteiger partial charge in [0.25, 0.3) is 0 Å². The Kier molecular flexibility index (Phi) is 4.14. The zero-order chi connectivity index (χ0) is 17.9. The molecule has 0 spiro atoms. The van der Waals surface area contributed by atoms with E-state index in [0.717, 1.165) is 34.2 Å². The number of H-pyrrole nitrogens is 1. The highest BCUT2D eigenvalue weighted by molar-refractivity contribution is 5.66. The molecule has 1 aromatic carbocycles. The molecule has 4 rings (SSSR count). The fourth-order valence-electron chi connectivity index (χ4n) is 2.90. The molecule has 130 valence electrons. The molecule has 8 nitrogen and oxygen atoms in total. The van der Waals surface area contributed by atoms with Crippen molar-refractivity contribution in [2.24, 2.45) is 0 Å². The number of aryl methyl sites for hydroxylation is 1. The van der Waals surface area contributed by atoms with E-state index in [1.165, 1.54) is 6.33 Å². The minimum atomic E-state index is 0.477. The smallest absolute Gasteiger partial charge is 0.223 e. The van der Waals surface area contributed by atoms with Crippen molar-refractivity contribution in [1.29, 1.82) is 0 Å². The van der Waals surface area contributed by atoms with Crippen LogP contribution in [0.25, 0.3) is 16.9 Å². The zero-order valence-electron chi connectivity index (χ0n) is 14.5. The molecule has 0 saturated heterocycles. The summed E-state index contributed by atoms with van der Waals surface area (Å²) >= 11 is 0. The molecule has 0 aliphatic rings. The molecule has 0 unspecified atom stereocenters. The van der Waals surface area contributed by atoms with Gasteiger partial charge in [0.1, 0.15) is 12.2 Å². The van der Waals surface area contributed by atoms with E-state index in [1.807, 2.05) is 54.9 Å². The Bertz CT molecular complexity index is 1010. The van der Waals surface area contributed by atoms with Gasteiger partial charge in [-0.2, -0.15) is 10.2 Å².